The van der Waals surface area contributed by atoms with Gasteiger partial charge in [0, 0.05) is 31.2 Å². The molecule has 2 rings (SSSR count). The fourth-order valence-electron chi connectivity index (χ4n) is 2.34. The van der Waals surface area contributed by atoms with Gasteiger partial charge in [0.1, 0.15) is 5.76 Å². The van der Waals surface area contributed by atoms with Crippen LogP contribution in [0.1, 0.15) is 37.5 Å². The van der Waals surface area contributed by atoms with E-state index in [9.17, 15) is 0 Å². The summed E-state index contributed by atoms with van der Waals surface area (Å²) < 4.78 is 5.71. The zero-order valence-corrected chi connectivity index (χ0v) is 13.2. The Morgan fingerprint density at radius 3 is 2.70 bits per heavy atom. The molecule has 0 spiro atoms. The fraction of sp³-hybridized carbons (Fsp3) is 0.750. The van der Waals surface area contributed by atoms with Gasteiger partial charge in [-0.1, -0.05) is 6.92 Å². The Balaban J connectivity index is 1.85. The highest BCUT2D eigenvalue weighted by molar-refractivity contribution is 5.17. The second-order valence-corrected chi connectivity index (χ2v) is 6.10. The van der Waals surface area contributed by atoms with Gasteiger partial charge in [-0.25, -0.2) is 0 Å². The lowest BCUT2D eigenvalue weighted by atomic mass is 10.2. The van der Waals surface area contributed by atoms with Crippen molar-refractivity contribution in [3.8, 4) is 0 Å². The van der Waals surface area contributed by atoms with E-state index in [0.717, 1.165) is 44.5 Å². The molecular formula is C16H29N3O. The molecule has 1 aliphatic carbocycles. The minimum atomic E-state index is 0.748. The van der Waals surface area contributed by atoms with Crippen LogP contribution in [0, 0.1) is 0 Å². The first-order valence-electron chi connectivity index (χ1n) is 7.84. The minimum Gasteiger partial charge on any atom is -0.468 e. The van der Waals surface area contributed by atoms with Crippen molar-refractivity contribution < 1.29 is 4.42 Å². The Bertz CT molecular complexity index is 385. The lowest BCUT2D eigenvalue weighted by Crippen LogP contribution is -2.32. The molecule has 0 atom stereocenters. The molecule has 114 valence electrons. The van der Waals surface area contributed by atoms with Crippen LogP contribution < -0.4 is 5.32 Å². The fourth-order valence-corrected chi connectivity index (χ4v) is 2.34. The Hall–Kier alpha value is -0.840. The Morgan fingerprint density at radius 2 is 2.05 bits per heavy atom. The Kier molecular flexibility index (Phi) is 6.07. The van der Waals surface area contributed by atoms with E-state index < -0.39 is 0 Å². The molecule has 0 radical (unpaired) electrons. The first-order chi connectivity index (χ1) is 9.69. The summed E-state index contributed by atoms with van der Waals surface area (Å²) in [6, 6.07) is 2.86. The average Bonchev–Trinajstić information content (AvgIpc) is 3.14. The summed E-state index contributed by atoms with van der Waals surface area (Å²) >= 11 is 0. The summed E-state index contributed by atoms with van der Waals surface area (Å²) in [7, 11) is 4.25. The number of likely N-dealkylation sites (N-methyl/N-ethyl adjacent to an activating group) is 1. The molecule has 0 aliphatic heterocycles. The topological polar surface area (TPSA) is 31.6 Å². The standard InChI is InChI=1S/C16H29N3O/c1-4-8-19(10-9-18(2)3)13-16-14(7-11-20-16)12-17-15-5-6-15/h7,11,15,17H,4-6,8-10,12-13H2,1-3H3. The molecule has 1 aromatic rings. The van der Waals surface area contributed by atoms with Gasteiger partial charge < -0.3 is 14.6 Å². The van der Waals surface area contributed by atoms with Crippen molar-refractivity contribution in [3.05, 3.63) is 23.7 Å². The molecule has 1 heterocycles. The van der Waals surface area contributed by atoms with Gasteiger partial charge in [-0.3, -0.25) is 4.90 Å². The second kappa shape index (κ2) is 7.81. The van der Waals surface area contributed by atoms with E-state index >= 15 is 0 Å². The van der Waals surface area contributed by atoms with Gasteiger partial charge in [0.15, 0.2) is 0 Å². The van der Waals surface area contributed by atoms with E-state index in [1.165, 1.54) is 24.8 Å². The second-order valence-electron chi connectivity index (χ2n) is 6.10. The highest BCUT2D eigenvalue weighted by Gasteiger charge is 2.21. The summed E-state index contributed by atoms with van der Waals surface area (Å²) in [5.74, 6) is 1.13. The molecule has 0 unspecified atom stereocenters. The van der Waals surface area contributed by atoms with Crippen molar-refractivity contribution in [1.29, 1.82) is 0 Å². The molecular weight excluding hydrogens is 250 g/mol. The lowest BCUT2D eigenvalue weighted by Gasteiger charge is -2.23. The summed E-state index contributed by atoms with van der Waals surface area (Å²) in [4.78, 5) is 4.72. The highest BCUT2D eigenvalue weighted by Crippen LogP contribution is 2.20. The van der Waals surface area contributed by atoms with E-state index in [0.29, 0.717) is 0 Å². The third kappa shape index (κ3) is 5.27. The van der Waals surface area contributed by atoms with Crippen molar-refractivity contribution >= 4 is 0 Å². The van der Waals surface area contributed by atoms with Crippen LogP contribution in [0.5, 0.6) is 0 Å². The predicted molar refractivity (Wildman–Crippen MR) is 82.7 cm³/mol. The summed E-state index contributed by atoms with van der Waals surface area (Å²) in [6.07, 6.45) is 5.68. The molecule has 1 fully saturated rings. The quantitative estimate of drug-likeness (QED) is 0.712. The average molecular weight is 279 g/mol. The van der Waals surface area contributed by atoms with Crippen molar-refractivity contribution in [2.75, 3.05) is 33.7 Å². The van der Waals surface area contributed by atoms with E-state index in [1.807, 2.05) is 6.26 Å². The van der Waals surface area contributed by atoms with Crippen LogP contribution in [0.4, 0.5) is 0 Å². The molecule has 0 saturated heterocycles. The first-order valence-corrected chi connectivity index (χ1v) is 7.84. The van der Waals surface area contributed by atoms with Crippen molar-refractivity contribution in [2.45, 2.75) is 45.3 Å². The van der Waals surface area contributed by atoms with Crippen LogP contribution in [0.25, 0.3) is 0 Å². The minimum absolute atomic E-state index is 0.748. The van der Waals surface area contributed by atoms with E-state index in [-0.39, 0.29) is 0 Å². The molecule has 0 bridgehead atoms. The maximum absolute atomic E-state index is 5.71. The molecule has 20 heavy (non-hydrogen) atoms. The number of hydrogen-bond donors (Lipinski definition) is 1. The van der Waals surface area contributed by atoms with Crippen LogP contribution in [0.2, 0.25) is 0 Å². The maximum atomic E-state index is 5.71. The van der Waals surface area contributed by atoms with E-state index in [1.54, 1.807) is 0 Å². The summed E-state index contributed by atoms with van der Waals surface area (Å²) in [5.41, 5.74) is 1.32. The largest absolute Gasteiger partial charge is 0.468 e. The third-order valence-electron chi connectivity index (χ3n) is 3.77. The smallest absolute Gasteiger partial charge is 0.122 e. The highest BCUT2D eigenvalue weighted by atomic mass is 16.3. The van der Waals surface area contributed by atoms with Gasteiger partial charge in [-0.2, -0.15) is 0 Å². The zero-order valence-electron chi connectivity index (χ0n) is 13.2. The summed E-state index contributed by atoms with van der Waals surface area (Å²) in [6.45, 7) is 7.43. The van der Waals surface area contributed by atoms with Crippen LogP contribution in [0.15, 0.2) is 16.7 Å². The molecule has 0 amide bonds. The molecule has 1 saturated carbocycles. The molecule has 0 aromatic carbocycles. The van der Waals surface area contributed by atoms with E-state index in [4.69, 9.17) is 4.42 Å². The first kappa shape index (κ1) is 15.5. The number of nitrogens with zero attached hydrogens (tertiary/aromatic N) is 2. The number of nitrogens with one attached hydrogen (secondary N) is 1. The predicted octanol–water partition coefficient (Wildman–Crippen LogP) is 2.31. The van der Waals surface area contributed by atoms with E-state index in [2.05, 4.69) is 42.2 Å². The van der Waals surface area contributed by atoms with Gasteiger partial charge in [-0.15, -0.1) is 0 Å². The van der Waals surface area contributed by atoms with Crippen LogP contribution in [-0.4, -0.2) is 49.6 Å². The normalized spacial score (nSPS) is 15.4. The molecule has 4 heteroatoms. The van der Waals surface area contributed by atoms with Gasteiger partial charge in [0.2, 0.25) is 0 Å². The van der Waals surface area contributed by atoms with Crippen molar-refractivity contribution in [1.82, 2.24) is 15.1 Å². The number of furan rings is 1. The molecule has 1 N–H and O–H groups in total. The van der Waals surface area contributed by atoms with Crippen LogP contribution in [-0.2, 0) is 13.1 Å². The Morgan fingerprint density at radius 1 is 1.25 bits per heavy atom. The number of rotatable bonds is 10. The molecule has 4 nitrogen and oxygen atoms in total. The van der Waals surface area contributed by atoms with Gasteiger partial charge in [0.25, 0.3) is 0 Å². The van der Waals surface area contributed by atoms with Crippen molar-refractivity contribution in [3.63, 3.8) is 0 Å². The lowest BCUT2D eigenvalue weighted by molar-refractivity contribution is 0.217. The third-order valence-corrected chi connectivity index (χ3v) is 3.77. The van der Waals surface area contributed by atoms with Gasteiger partial charge in [-0.05, 0) is 46.0 Å². The van der Waals surface area contributed by atoms with Crippen LogP contribution >= 0.6 is 0 Å². The monoisotopic (exact) mass is 279 g/mol. The zero-order chi connectivity index (χ0) is 14.4. The van der Waals surface area contributed by atoms with Gasteiger partial charge in [0.05, 0.1) is 12.8 Å². The Labute approximate surface area is 123 Å². The molecule has 1 aromatic heterocycles. The summed E-state index contributed by atoms with van der Waals surface area (Å²) in [5, 5.41) is 3.57. The SMILES string of the molecule is CCCN(CCN(C)C)Cc1occc1CNC1CC1. The van der Waals surface area contributed by atoms with Gasteiger partial charge >= 0.3 is 0 Å². The van der Waals surface area contributed by atoms with Crippen LogP contribution in [0.3, 0.4) is 0 Å². The van der Waals surface area contributed by atoms with Crippen molar-refractivity contribution in [2.24, 2.45) is 0 Å². The molecule has 1 aliphatic rings. The number of hydrogen-bond acceptors (Lipinski definition) is 4. The maximum Gasteiger partial charge on any atom is 0.122 e.